The van der Waals surface area contributed by atoms with E-state index in [1.54, 1.807) is 0 Å². The minimum absolute atomic E-state index is 0.505. The third kappa shape index (κ3) is 7.36. The number of nitrogens with zero attached hydrogens (tertiary/aromatic N) is 1. The minimum Gasteiger partial charge on any atom is -0.477 e. The van der Waals surface area contributed by atoms with Crippen LogP contribution in [-0.4, -0.2) is 29.1 Å². The van der Waals surface area contributed by atoms with E-state index in [4.69, 9.17) is 0 Å². The Kier molecular flexibility index (Phi) is 10.5. The quantitative estimate of drug-likeness (QED) is 0.447. The molecule has 0 amide bonds. The molecular weight excluding hydrogens is 226 g/mol. The number of allylic oxidation sites excluding steroid dienone is 1. The topological polar surface area (TPSA) is 40.5 Å². The first-order chi connectivity index (χ1) is 8.67. The van der Waals surface area contributed by atoms with Crippen molar-refractivity contribution < 1.29 is 9.90 Å². The highest BCUT2D eigenvalue weighted by molar-refractivity contribution is 5.85. The molecule has 0 rings (SSSR count). The smallest absolute Gasteiger partial charge is 0.351 e. The summed E-state index contributed by atoms with van der Waals surface area (Å²) < 4.78 is 0. The molecule has 0 aromatic rings. The van der Waals surface area contributed by atoms with E-state index in [0.29, 0.717) is 5.70 Å². The summed E-state index contributed by atoms with van der Waals surface area (Å²) in [6, 6.07) is 0. The first kappa shape index (κ1) is 17.0. The third-order valence-corrected chi connectivity index (χ3v) is 3.02. The van der Waals surface area contributed by atoms with Crippen molar-refractivity contribution in [2.75, 3.05) is 13.1 Å². The Morgan fingerprint density at radius 2 is 1.50 bits per heavy atom. The average Bonchev–Trinajstić information content (AvgIpc) is 2.35. The highest BCUT2D eigenvalue weighted by atomic mass is 16.4. The fourth-order valence-corrected chi connectivity index (χ4v) is 1.85. The van der Waals surface area contributed by atoms with Crippen molar-refractivity contribution in [2.45, 2.75) is 65.7 Å². The molecule has 3 nitrogen and oxygen atoms in total. The molecule has 0 unspecified atom stereocenters. The van der Waals surface area contributed by atoms with Crippen LogP contribution in [0.5, 0.6) is 0 Å². The van der Waals surface area contributed by atoms with E-state index in [1.807, 2.05) is 11.0 Å². The van der Waals surface area contributed by atoms with E-state index in [9.17, 15) is 9.90 Å². The van der Waals surface area contributed by atoms with Crippen LogP contribution >= 0.6 is 0 Å². The van der Waals surface area contributed by atoms with Crippen LogP contribution in [0, 0.1) is 0 Å². The van der Waals surface area contributed by atoms with Gasteiger partial charge in [-0.15, -0.1) is 0 Å². The number of carbonyl (C=O) groups is 1. The van der Waals surface area contributed by atoms with Gasteiger partial charge in [-0.3, -0.25) is 0 Å². The van der Waals surface area contributed by atoms with Gasteiger partial charge >= 0.3 is 5.97 Å². The van der Waals surface area contributed by atoms with Crippen LogP contribution in [0.3, 0.4) is 0 Å². The van der Waals surface area contributed by atoms with Crippen LogP contribution in [-0.2, 0) is 4.79 Å². The molecule has 3 heteroatoms. The predicted octanol–water partition coefficient (Wildman–Crippen LogP) is 4.05. The molecule has 0 aromatic carbocycles. The van der Waals surface area contributed by atoms with Crippen molar-refractivity contribution in [1.82, 2.24) is 4.90 Å². The van der Waals surface area contributed by atoms with Crippen molar-refractivity contribution in [1.29, 1.82) is 0 Å². The molecule has 0 aliphatic rings. The van der Waals surface area contributed by atoms with Crippen LogP contribution in [0.15, 0.2) is 11.8 Å². The van der Waals surface area contributed by atoms with Gasteiger partial charge in [0.15, 0.2) is 0 Å². The standard InChI is InChI=1S/C15H29NO2/c1-4-7-10-11-14(15(17)18)16(12-8-5-2)13-9-6-3/h11H,4-10,12-13H2,1-3H3,(H,17,18)/b14-11+. The Balaban J connectivity index is 4.61. The molecule has 0 fully saturated rings. The van der Waals surface area contributed by atoms with Gasteiger partial charge in [0, 0.05) is 13.1 Å². The van der Waals surface area contributed by atoms with Gasteiger partial charge in [-0.25, -0.2) is 4.79 Å². The number of unbranched alkanes of at least 4 members (excludes halogenated alkanes) is 4. The molecule has 0 aliphatic carbocycles. The molecule has 0 atom stereocenters. The zero-order valence-electron chi connectivity index (χ0n) is 12.2. The van der Waals surface area contributed by atoms with E-state index in [2.05, 4.69) is 20.8 Å². The first-order valence-electron chi connectivity index (χ1n) is 7.35. The molecule has 0 heterocycles. The number of aliphatic carboxylic acids is 1. The van der Waals surface area contributed by atoms with E-state index in [1.165, 1.54) is 0 Å². The normalized spacial score (nSPS) is 11.6. The molecule has 0 saturated heterocycles. The lowest BCUT2D eigenvalue weighted by Gasteiger charge is -2.25. The fourth-order valence-electron chi connectivity index (χ4n) is 1.85. The molecule has 106 valence electrons. The van der Waals surface area contributed by atoms with Crippen molar-refractivity contribution in [2.24, 2.45) is 0 Å². The van der Waals surface area contributed by atoms with E-state index < -0.39 is 5.97 Å². The number of carboxylic acids is 1. The fraction of sp³-hybridized carbons (Fsp3) is 0.800. The second-order valence-corrected chi connectivity index (χ2v) is 4.73. The van der Waals surface area contributed by atoms with Crippen LogP contribution < -0.4 is 0 Å². The number of hydrogen-bond donors (Lipinski definition) is 1. The molecular formula is C15H29NO2. The second kappa shape index (κ2) is 11.1. The third-order valence-electron chi connectivity index (χ3n) is 3.02. The zero-order valence-corrected chi connectivity index (χ0v) is 12.2. The van der Waals surface area contributed by atoms with Gasteiger partial charge in [-0.05, 0) is 25.7 Å². The number of carboxylic acid groups (broad SMARTS) is 1. The minimum atomic E-state index is -0.779. The monoisotopic (exact) mass is 255 g/mol. The van der Waals surface area contributed by atoms with E-state index in [0.717, 1.165) is 58.0 Å². The summed E-state index contributed by atoms with van der Waals surface area (Å²) in [7, 11) is 0. The molecule has 0 radical (unpaired) electrons. The summed E-state index contributed by atoms with van der Waals surface area (Å²) in [6.07, 6.45) is 9.25. The maximum Gasteiger partial charge on any atom is 0.351 e. The average molecular weight is 255 g/mol. The Morgan fingerprint density at radius 3 is 1.89 bits per heavy atom. The molecule has 0 spiro atoms. The van der Waals surface area contributed by atoms with Gasteiger partial charge in [0.05, 0.1) is 0 Å². The van der Waals surface area contributed by atoms with Gasteiger partial charge in [-0.2, -0.15) is 0 Å². The molecule has 0 aliphatic heterocycles. The lowest BCUT2D eigenvalue weighted by atomic mass is 10.2. The van der Waals surface area contributed by atoms with Crippen molar-refractivity contribution in [3.63, 3.8) is 0 Å². The van der Waals surface area contributed by atoms with Crippen molar-refractivity contribution in [3.05, 3.63) is 11.8 Å². The lowest BCUT2D eigenvalue weighted by Crippen LogP contribution is -2.29. The predicted molar refractivity (Wildman–Crippen MR) is 76.6 cm³/mol. The van der Waals surface area contributed by atoms with Crippen LogP contribution in [0.25, 0.3) is 0 Å². The van der Waals surface area contributed by atoms with Crippen molar-refractivity contribution in [3.8, 4) is 0 Å². The van der Waals surface area contributed by atoms with E-state index >= 15 is 0 Å². The molecule has 18 heavy (non-hydrogen) atoms. The first-order valence-corrected chi connectivity index (χ1v) is 7.35. The Morgan fingerprint density at radius 1 is 1.00 bits per heavy atom. The summed E-state index contributed by atoms with van der Waals surface area (Å²) in [4.78, 5) is 13.4. The molecule has 0 aromatic heterocycles. The van der Waals surface area contributed by atoms with Gasteiger partial charge in [0.2, 0.25) is 0 Å². The molecule has 0 saturated carbocycles. The summed E-state index contributed by atoms with van der Waals surface area (Å²) >= 11 is 0. The zero-order chi connectivity index (χ0) is 13.8. The highest BCUT2D eigenvalue weighted by Crippen LogP contribution is 2.11. The van der Waals surface area contributed by atoms with Gasteiger partial charge < -0.3 is 10.0 Å². The van der Waals surface area contributed by atoms with Crippen LogP contribution in [0.2, 0.25) is 0 Å². The lowest BCUT2D eigenvalue weighted by molar-refractivity contribution is -0.134. The van der Waals surface area contributed by atoms with Gasteiger partial charge in [-0.1, -0.05) is 46.1 Å². The Bertz CT molecular complexity index is 241. The van der Waals surface area contributed by atoms with Crippen molar-refractivity contribution >= 4 is 5.97 Å². The Labute approximate surface area is 112 Å². The Hall–Kier alpha value is -0.990. The second-order valence-electron chi connectivity index (χ2n) is 4.73. The van der Waals surface area contributed by atoms with E-state index in [-0.39, 0.29) is 0 Å². The van der Waals surface area contributed by atoms with Crippen LogP contribution in [0.1, 0.15) is 65.7 Å². The largest absolute Gasteiger partial charge is 0.477 e. The van der Waals surface area contributed by atoms with Gasteiger partial charge in [0.25, 0.3) is 0 Å². The highest BCUT2D eigenvalue weighted by Gasteiger charge is 2.15. The maximum atomic E-state index is 11.4. The molecule has 1 N–H and O–H groups in total. The summed E-state index contributed by atoms with van der Waals surface area (Å²) in [5, 5.41) is 9.33. The van der Waals surface area contributed by atoms with Crippen LogP contribution in [0.4, 0.5) is 0 Å². The maximum absolute atomic E-state index is 11.4. The number of rotatable bonds is 11. The number of hydrogen-bond acceptors (Lipinski definition) is 2. The summed E-state index contributed by atoms with van der Waals surface area (Å²) in [5.74, 6) is -0.779. The SMILES string of the molecule is CCCC/C=C(\C(=O)O)N(CCCC)CCCC. The van der Waals surface area contributed by atoms with Gasteiger partial charge in [0.1, 0.15) is 5.70 Å². The molecule has 0 bridgehead atoms. The summed E-state index contributed by atoms with van der Waals surface area (Å²) in [5.41, 5.74) is 0.505. The summed E-state index contributed by atoms with van der Waals surface area (Å²) in [6.45, 7) is 8.13.